The highest BCUT2D eigenvalue weighted by atomic mass is 16.6. The van der Waals surface area contributed by atoms with Gasteiger partial charge in [-0.25, -0.2) is 4.79 Å². The molecule has 0 amide bonds. The van der Waals surface area contributed by atoms with Gasteiger partial charge in [-0.2, -0.15) is 0 Å². The van der Waals surface area contributed by atoms with Gasteiger partial charge >= 0.3 is 5.97 Å². The molecule has 2 aliphatic rings. The van der Waals surface area contributed by atoms with Crippen molar-refractivity contribution in [2.45, 2.75) is 63.1 Å². The number of pyridine rings is 1. The van der Waals surface area contributed by atoms with Crippen molar-refractivity contribution in [2.24, 2.45) is 5.92 Å². The topological polar surface area (TPSA) is 59.4 Å². The van der Waals surface area contributed by atoms with Gasteiger partial charge in [0.15, 0.2) is 11.7 Å². The summed E-state index contributed by atoms with van der Waals surface area (Å²) in [5.74, 6) is -0.522. The third-order valence-electron chi connectivity index (χ3n) is 7.50. The molecule has 5 heteroatoms. The lowest BCUT2D eigenvalue weighted by molar-refractivity contribution is -0.917. The summed E-state index contributed by atoms with van der Waals surface area (Å²) in [6.45, 7) is 2.97. The van der Waals surface area contributed by atoms with E-state index >= 15 is 0 Å². The highest BCUT2D eigenvalue weighted by Crippen LogP contribution is 2.42. The van der Waals surface area contributed by atoms with E-state index in [2.05, 4.69) is 18.1 Å². The quantitative estimate of drug-likeness (QED) is 0.496. The summed E-state index contributed by atoms with van der Waals surface area (Å²) in [6.07, 6.45) is 11.5. The summed E-state index contributed by atoms with van der Waals surface area (Å²) in [7, 11) is 2.27. The van der Waals surface area contributed by atoms with E-state index in [-0.39, 0.29) is 12.0 Å². The molecule has 4 rings (SSSR count). The van der Waals surface area contributed by atoms with Crippen LogP contribution in [0.1, 0.15) is 56.1 Å². The molecule has 5 nitrogen and oxygen atoms in total. The van der Waals surface area contributed by atoms with E-state index < -0.39 is 11.6 Å². The van der Waals surface area contributed by atoms with E-state index in [9.17, 15) is 9.90 Å². The molecule has 0 radical (unpaired) electrons. The summed E-state index contributed by atoms with van der Waals surface area (Å²) >= 11 is 0. The maximum absolute atomic E-state index is 13.4. The minimum Gasteiger partial charge on any atom is -0.454 e. The Kier molecular flexibility index (Phi) is 7.27. The van der Waals surface area contributed by atoms with Crippen LogP contribution < -0.4 is 0 Å². The summed E-state index contributed by atoms with van der Waals surface area (Å²) in [6, 6.07) is 13.5. The number of hydrogen-bond acceptors (Lipinski definition) is 4. The van der Waals surface area contributed by atoms with Crippen molar-refractivity contribution in [2.75, 3.05) is 26.7 Å². The van der Waals surface area contributed by atoms with Crippen molar-refractivity contribution in [3.05, 3.63) is 66.0 Å². The molecule has 1 N–H and O–H groups in total. The minimum absolute atomic E-state index is 0.0682. The van der Waals surface area contributed by atoms with E-state index in [1.807, 2.05) is 48.8 Å². The van der Waals surface area contributed by atoms with Crippen LogP contribution in [-0.4, -0.2) is 53.3 Å². The molecule has 1 saturated carbocycles. The van der Waals surface area contributed by atoms with Crippen LogP contribution in [0.15, 0.2) is 54.9 Å². The number of likely N-dealkylation sites (tertiary alicyclic amines) is 1. The molecule has 1 aromatic carbocycles. The number of nitrogens with zero attached hydrogens (tertiary/aromatic N) is 2. The number of aromatic nitrogens is 1. The fourth-order valence-corrected chi connectivity index (χ4v) is 5.68. The molecule has 3 atom stereocenters. The first kappa shape index (κ1) is 22.9. The molecule has 1 aliphatic carbocycles. The first-order chi connectivity index (χ1) is 15.5. The van der Waals surface area contributed by atoms with Gasteiger partial charge in [-0.1, -0.05) is 49.2 Å². The number of likely N-dealkylation sites (N-methyl/N-ethyl adjacent to an activating group) is 1. The van der Waals surface area contributed by atoms with Gasteiger partial charge in [0, 0.05) is 31.2 Å². The second-order valence-electron chi connectivity index (χ2n) is 10.00. The maximum Gasteiger partial charge on any atom is 0.343 e. The van der Waals surface area contributed by atoms with Gasteiger partial charge in [0.2, 0.25) is 0 Å². The summed E-state index contributed by atoms with van der Waals surface area (Å²) in [5.41, 5.74) is 0.392. The molecule has 3 unspecified atom stereocenters. The lowest BCUT2D eigenvalue weighted by Crippen LogP contribution is -2.55. The average molecular weight is 438 g/mol. The predicted octanol–water partition coefficient (Wildman–Crippen LogP) is 4.24. The van der Waals surface area contributed by atoms with Gasteiger partial charge in [0.1, 0.15) is 6.54 Å². The molecule has 0 spiro atoms. The first-order valence-corrected chi connectivity index (χ1v) is 12.2. The number of ether oxygens (including phenoxy) is 1. The fourth-order valence-electron chi connectivity index (χ4n) is 5.68. The largest absolute Gasteiger partial charge is 0.454 e. The summed E-state index contributed by atoms with van der Waals surface area (Å²) in [5, 5.41) is 11.7. The Labute approximate surface area is 192 Å². The number of rotatable bonds is 8. The summed E-state index contributed by atoms with van der Waals surface area (Å²) < 4.78 is 6.98. The van der Waals surface area contributed by atoms with Crippen molar-refractivity contribution in [1.29, 1.82) is 0 Å². The molecule has 172 valence electrons. The monoisotopic (exact) mass is 437 g/mol. The third kappa shape index (κ3) is 5.21. The highest BCUT2D eigenvalue weighted by molar-refractivity contribution is 5.81. The van der Waals surface area contributed by atoms with Crippen LogP contribution in [0.25, 0.3) is 0 Å². The van der Waals surface area contributed by atoms with Crippen LogP contribution in [0.2, 0.25) is 0 Å². The first-order valence-electron chi connectivity index (χ1n) is 12.2. The van der Waals surface area contributed by atoms with Crippen LogP contribution in [-0.2, 0) is 21.6 Å². The second-order valence-corrected chi connectivity index (χ2v) is 10.00. The standard InChI is InChI=1S/C27H37N2O3/c1-29(18-8-11-22-10-7-17-28-20-22)19-9-16-25(21-29)32-26(30)27(31,24-14-5-6-15-24)23-12-3-2-4-13-23/h2-4,7,10,12-13,17,20,24-25,31H,5-6,8-9,11,14-16,18-19,21H2,1H3/q+1. The number of aliphatic hydroxyl groups is 1. The van der Waals surface area contributed by atoms with Crippen molar-refractivity contribution in [1.82, 2.24) is 4.98 Å². The third-order valence-corrected chi connectivity index (χ3v) is 7.50. The van der Waals surface area contributed by atoms with Crippen molar-refractivity contribution in [3.8, 4) is 0 Å². The molecule has 2 fully saturated rings. The van der Waals surface area contributed by atoms with Gasteiger partial charge < -0.3 is 14.3 Å². The Hall–Kier alpha value is -2.24. The highest BCUT2D eigenvalue weighted by Gasteiger charge is 2.49. The van der Waals surface area contributed by atoms with Crippen LogP contribution in [0.3, 0.4) is 0 Å². The van der Waals surface area contributed by atoms with Gasteiger partial charge in [0.05, 0.1) is 20.1 Å². The molecule has 2 aromatic rings. The molecule has 1 saturated heterocycles. The van der Waals surface area contributed by atoms with Crippen molar-refractivity contribution in [3.63, 3.8) is 0 Å². The number of carbonyl (C=O) groups is 1. The molecule has 1 aromatic heterocycles. The van der Waals surface area contributed by atoms with Crippen molar-refractivity contribution < 1.29 is 19.1 Å². The molecule has 2 heterocycles. The smallest absolute Gasteiger partial charge is 0.343 e. The maximum atomic E-state index is 13.4. The van der Waals surface area contributed by atoms with E-state index in [0.717, 1.165) is 75.5 Å². The molecular weight excluding hydrogens is 400 g/mol. The van der Waals surface area contributed by atoms with Gasteiger partial charge in [-0.3, -0.25) is 4.98 Å². The zero-order chi connectivity index (χ0) is 22.4. The van der Waals surface area contributed by atoms with E-state index in [1.165, 1.54) is 5.56 Å². The fraction of sp³-hybridized carbons (Fsp3) is 0.556. The Balaban J connectivity index is 1.40. The SMILES string of the molecule is C[N+]1(CCCc2cccnc2)CCCC(OC(=O)C(O)(c2ccccc2)C2CCCC2)C1. The Morgan fingerprint density at radius 1 is 1.12 bits per heavy atom. The van der Waals surface area contributed by atoms with Crippen LogP contribution in [0.5, 0.6) is 0 Å². The zero-order valence-corrected chi connectivity index (χ0v) is 19.3. The number of carbonyl (C=O) groups excluding carboxylic acids is 1. The van der Waals surface area contributed by atoms with Gasteiger partial charge in [0.25, 0.3) is 0 Å². The molecule has 1 aliphatic heterocycles. The number of benzene rings is 1. The normalized spacial score (nSPS) is 25.9. The van der Waals surface area contributed by atoms with E-state index in [0.29, 0.717) is 5.56 Å². The predicted molar refractivity (Wildman–Crippen MR) is 125 cm³/mol. The van der Waals surface area contributed by atoms with Gasteiger partial charge in [-0.05, 0) is 42.9 Å². The second kappa shape index (κ2) is 10.1. The van der Waals surface area contributed by atoms with Crippen LogP contribution >= 0.6 is 0 Å². The lowest BCUT2D eigenvalue weighted by Gasteiger charge is -2.42. The number of esters is 1. The number of aryl methyl sites for hydroxylation is 1. The van der Waals surface area contributed by atoms with E-state index in [1.54, 1.807) is 0 Å². The van der Waals surface area contributed by atoms with Crippen LogP contribution in [0.4, 0.5) is 0 Å². The Bertz CT molecular complexity index is 869. The van der Waals surface area contributed by atoms with Gasteiger partial charge in [-0.15, -0.1) is 0 Å². The zero-order valence-electron chi connectivity index (χ0n) is 19.3. The summed E-state index contributed by atoms with van der Waals surface area (Å²) in [4.78, 5) is 17.7. The average Bonchev–Trinajstić information content (AvgIpc) is 3.35. The number of quaternary nitrogens is 1. The molecule has 32 heavy (non-hydrogen) atoms. The number of piperidine rings is 1. The number of hydrogen-bond donors (Lipinski definition) is 1. The van der Waals surface area contributed by atoms with E-state index in [4.69, 9.17) is 4.74 Å². The molecular formula is C27H37N2O3+. The van der Waals surface area contributed by atoms with Crippen molar-refractivity contribution >= 4 is 5.97 Å². The Morgan fingerprint density at radius 3 is 2.62 bits per heavy atom. The van der Waals surface area contributed by atoms with Crippen LogP contribution in [0, 0.1) is 5.92 Å². The minimum atomic E-state index is -1.54. The Morgan fingerprint density at radius 2 is 1.91 bits per heavy atom. The lowest BCUT2D eigenvalue weighted by atomic mass is 9.80. The molecule has 0 bridgehead atoms.